The van der Waals surface area contributed by atoms with Crippen LogP contribution in [0.3, 0.4) is 0 Å². The van der Waals surface area contributed by atoms with E-state index in [1.807, 2.05) is 0 Å². The molecule has 2 heterocycles. The zero-order valence-corrected chi connectivity index (χ0v) is 11.4. The second kappa shape index (κ2) is 6.08. The van der Waals surface area contributed by atoms with Crippen molar-refractivity contribution in [2.24, 2.45) is 0 Å². The third kappa shape index (κ3) is 3.27. The fraction of sp³-hybridized carbons (Fsp3) is 0.500. The van der Waals surface area contributed by atoms with E-state index in [1.165, 1.54) is 17.2 Å². The highest BCUT2D eigenvalue weighted by atomic mass is 35.5. The summed E-state index contributed by atoms with van der Waals surface area (Å²) in [5, 5.41) is 3.22. The van der Waals surface area contributed by atoms with E-state index in [0.717, 1.165) is 13.1 Å². The maximum absolute atomic E-state index is 12.0. The van der Waals surface area contributed by atoms with Crippen molar-refractivity contribution in [3.8, 4) is 0 Å². The van der Waals surface area contributed by atoms with Gasteiger partial charge < -0.3 is 19.5 Å². The number of nitrogens with one attached hydrogen (secondary N) is 1. The molecule has 104 valence electrons. The molecule has 1 aromatic rings. The quantitative estimate of drug-likeness (QED) is 0.875. The van der Waals surface area contributed by atoms with Crippen LogP contribution in [0.1, 0.15) is 10.4 Å². The van der Waals surface area contributed by atoms with Gasteiger partial charge in [0.1, 0.15) is 0 Å². The average Bonchev–Trinajstić information content (AvgIpc) is 2.85. The van der Waals surface area contributed by atoms with E-state index < -0.39 is 0 Å². The normalized spacial score (nSPS) is 15.4. The summed E-state index contributed by atoms with van der Waals surface area (Å²) in [6.07, 6.45) is 1.35. The molecular formula is C12H16ClN3O3. The number of carbonyl (C=O) groups is 2. The fourth-order valence-corrected chi connectivity index (χ4v) is 2.14. The van der Waals surface area contributed by atoms with Crippen LogP contribution in [0.25, 0.3) is 0 Å². The minimum absolute atomic E-state index is 0.0420. The van der Waals surface area contributed by atoms with E-state index in [2.05, 4.69) is 5.32 Å². The Balaban J connectivity index is 1.93. The molecule has 2 amide bonds. The summed E-state index contributed by atoms with van der Waals surface area (Å²) in [5.41, 5.74) is 0.275. The number of rotatable bonds is 3. The minimum atomic E-state index is -0.317. The van der Waals surface area contributed by atoms with E-state index in [0.29, 0.717) is 13.1 Å². The molecule has 2 rings (SSSR count). The summed E-state index contributed by atoms with van der Waals surface area (Å²) >= 11 is 5.75. The van der Waals surface area contributed by atoms with Gasteiger partial charge >= 0.3 is 0 Å². The maximum atomic E-state index is 12.0. The van der Waals surface area contributed by atoms with Gasteiger partial charge in [0.15, 0.2) is 0 Å². The van der Waals surface area contributed by atoms with Crippen molar-refractivity contribution >= 4 is 23.4 Å². The van der Waals surface area contributed by atoms with E-state index in [1.54, 1.807) is 11.9 Å². The predicted octanol–water partition coefficient (Wildman–Crippen LogP) is 0.437. The highest BCUT2D eigenvalue weighted by Crippen LogP contribution is 2.18. The first-order chi connectivity index (χ1) is 9.09. The molecule has 1 N–H and O–H groups in total. The number of likely N-dealkylation sites (N-methyl/N-ethyl adjacent to an activating group) is 1. The van der Waals surface area contributed by atoms with Gasteiger partial charge in [-0.1, -0.05) is 0 Å². The van der Waals surface area contributed by atoms with Crippen LogP contribution in [0.4, 0.5) is 0 Å². The largest absolute Gasteiger partial charge is 0.452 e. The van der Waals surface area contributed by atoms with E-state index in [-0.39, 0.29) is 29.1 Å². The first-order valence-corrected chi connectivity index (χ1v) is 6.44. The van der Waals surface area contributed by atoms with Crippen molar-refractivity contribution in [3.63, 3.8) is 0 Å². The summed E-state index contributed by atoms with van der Waals surface area (Å²) < 4.78 is 4.87. The molecular weight excluding hydrogens is 270 g/mol. The molecule has 1 aliphatic heterocycles. The molecule has 0 spiro atoms. The molecule has 7 heteroatoms. The van der Waals surface area contributed by atoms with Crippen molar-refractivity contribution in [2.45, 2.75) is 0 Å². The van der Waals surface area contributed by atoms with Crippen LogP contribution in [0.5, 0.6) is 0 Å². The Bertz CT molecular complexity index is 469. The van der Waals surface area contributed by atoms with Crippen LogP contribution >= 0.6 is 11.6 Å². The molecule has 1 aromatic heterocycles. The molecule has 0 bridgehead atoms. The highest BCUT2D eigenvalue weighted by Gasteiger charge is 2.22. The van der Waals surface area contributed by atoms with Gasteiger partial charge in [0, 0.05) is 33.2 Å². The van der Waals surface area contributed by atoms with Crippen LogP contribution in [-0.4, -0.2) is 61.4 Å². The molecule has 0 aromatic carbocycles. The predicted molar refractivity (Wildman–Crippen MR) is 70.1 cm³/mol. The number of hydrogen-bond donors (Lipinski definition) is 1. The van der Waals surface area contributed by atoms with E-state index in [9.17, 15) is 9.59 Å². The van der Waals surface area contributed by atoms with E-state index in [4.69, 9.17) is 16.0 Å². The number of carbonyl (C=O) groups excluding carboxylic acids is 2. The minimum Gasteiger partial charge on any atom is -0.452 e. The second-order valence-electron chi connectivity index (χ2n) is 4.40. The lowest BCUT2D eigenvalue weighted by Crippen LogP contribution is -2.49. The van der Waals surface area contributed by atoms with Gasteiger partial charge in [0.05, 0.1) is 18.4 Å². The Kier molecular flexibility index (Phi) is 4.44. The van der Waals surface area contributed by atoms with E-state index >= 15 is 0 Å². The van der Waals surface area contributed by atoms with Crippen LogP contribution < -0.4 is 5.32 Å². The molecule has 0 aliphatic carbocycles. The lowest BCUT2D eigenvalue weighted by molar-refractivity contribution is -0.132. The Hall–Kier alpha value is -1.53. The highest BCUT2D eigenvalue weighted by molar-refractivity contribution is 6.32. The number of amides is 2. The summed E-state index contributed by atoms with van der Waals surface area (Å²) in [6.45, 7) is 2.97. The van der Waals surface area contributed by atoms with Gasteiger partial charge in [-0.05, 0) is 17.7 Å². The SMILES string of the molecule is CN(CC(=O)N1CCNCC1)C(=O)c1ccoc1Cl. The number of hydrogen-bond acceptors (Lipinski definition) is 4. The lowest BCUT2D eigenvalue weighted by Gasteiger charge is -2.29. The van der Waals surface area contributed by atoms with Crippen LogP contribution in [0.15, 0.2) is 16.7 Å². The molecule has 6 nitrogen and oxygen atoms in total. The summed E-state index contributed by atoms with van der Waals surface area (Å²) in [5.74, 6) is -0.376. The first-order valence-electron chi connectivity index (χ1n) is 6.06. The molecule has 19 heavy (non-hydrogen) atoms. The summed E-state index contributed by atoms with van der Waals surface area (Å²) in [7, 11) is 1.58. The topological polar surface area (TPSA) is 65.8 Å². The molecule has 0 radical (unpaired) electrons. The van der Waals surface area contributed by atoms with Gasteiger partial charge in [-0.25, -0.2) is 0 Å². The molecule has 1 aliphatic rings. The van der Waals surface area contributed by atoms with Crippen LogP contribution in [0.2, 0.25) is 5.22 Å². The molecule has 0 saturated carbocycles. The maximum Gasteiger partial charge on any atom is 0.258 e. The summed E-state index contributed by atoms with van der Waals surface area (Å²) in [6, 6.07) is 1.50. The first kappa shape index (κ1) is 13.9. The van der Waals surface area contributed by atoms with Crippen LogP contribution in [0, 0.1) is 0 Å². The van der Waals surface area contributed by atoms with Gasteiger partial charge in [0.2, 0.25) is 11.1 Å². The van der Waals surface area contributed by atoms with Crippen molar-refractivity contribution in [3.05, 3.63) is 23.1 Å². The Morgan fingerprint density at radius 2 is 2.16 bits per heavy atom. The van der Waals surface area contributed by atoms with Crippen LogP contribution in [-0.2, 0) is 4.79 Å². The average molecular weight is 286 g/mol. The smallest absolute Gasteiger partial charge is 0.258 e. The van der Waals surface area contributed by atoms with Gasteiger partial charge in [-0.2, -0.15) is 0 Å². The standard InChI is InChI=1S/C12H16ClN3O3/c1-15(12(18)9-2-7-19-11(9)13)8-10(17)16-5-3-14-4-6-16/h2,7,14H,3-6,8H2,1H3. The second-order valence-corrected chi connectivity index (χ2v) is 4.74. The van der Waals surface area contributed by atoms with Gasteiger partial charge in [0.25, 0.3) is 5.91 Å². The molecule has 1 fully saturated rings. The molecule has 0 unspecified atom stereocenters. The number of piperazine rings is 1. The molecule has 0 atom stereocenters. The molecule has 1 saturated heterocycles. The van der Waals surface area contributed by atoms with Crippen molar-refractivity contribution in [1.82, 2.24) is 15.1 Å². The third-order valence-corrected chi connectivity index (χ3v) is 3.33. The number of furan rings is 1. The zero-order chi connectivity index (χ0) is 13.8. The lowest BCUT2D eigenvalue weighted by atomic mass is 10.3. The Labute approximate surface area is 116 Å². The Morgan fingerprint density at radius 3 is 2.74 bits per heavy atom. The zero-order valence-electron chi connectivity index (χ0n) is 10.7. The van der Waals surface area contributed by atoms with Crippen molar-refractivity contribution in [1.29, 1.82) is 0 Å². The fourth-order valence-electron chi connectivity index (χ4n) is 1.94. The van der Waals surface area contributed by atoms with Gasteiger partial charge in [-0.15, -0.1) is 0 Å². The monoisotopic (exact) mass is 285 g/mol. The van der Waals surface area contributed by atoms with Gasteiger partial charge in [-0.3, -0.25) is 9.59 Å². The Morgan fingerprint density at radius 1 is 1.47 bits per heavy atom. The number of nitrogens with zero attached hydrogens (tertiary/aromatic N) is 2. The summed E-state index contributed by atoms with van der Waals surface area (Å²) in [4.78, 5) is 27.2. The van der Waals surface area contributed by atoms with Crippen molar-refractivity contribution < 1.29 is 14.0 Å². The van der Waals surface area contributed by atoms with Crippen molar-refractivity contribution in [2.75, 3.05) is 39.8 Å². The number of halogens is 1. The third-order valence-electron chi connectivity index (χ3n) is 3.04.